The highest BCUT2D eigenvalue weighted by atomic mass is 16.2. The van der Waals surface area contributed by atoms with Gasteiger partial charge in [-0.15, -0.1) is 0 Å². The van der Waals surface area contributed by atoms with Crippen molar-refractivity contribution in [3.05, 3.63) is 0 Å². The fraction of sp³-hybridized carbons (Fsp3) is 0.824. The lowest BCUT2D eigenvalue weighted by Crippen LogP contribution is -2.52. The lowest BCUT2D eigenvalue weighted by molar-refractivity contribution is -0.136. The summed E-state index contributed by atoms with van der Waals surface area (Å²) in [6, 6.07) is -0.0722. The second-order valence-corrected chi connectivity index (χ2v) is 7.48. The zero-order valence-electron chi connectivity index (χ0n) is 14.7. The van der Waals surface area contributed by atoms with E-state index in [0.717, 1.165) is 45.3 Å². The molecule has 7 heteroatoms. The first-order valence-electron chi connectivity index (χ1n) is 9.05. The Labute approximate surface area is 143 Å². The van der Waals surface area contributed by atoms with Gasteiger partial charge in [0, 0.05) is 38.6 Å². The molecule has 134 valence electrons. The minimum Gasteiger partial charge on any atom is -0.337 e. The predicted molar refractivity (Wildman–Crippen MR) is 89.3 cm³/mol. The molecule has 3 fully saturated rings. The van der Waals surface area contributed by atoms with E-state index in [0.29, 0.717) is 19.4 Å². The maximum atomic E-state index is 12.5. The lowest BCUT2D eigenvalue weighted by Gasteiger charge is -2.38. The van der Waals surface area contributed by atoms with E-state index in [1.807, 2.05) is 4.90 Å². The largest absolute Gasteiger partial charge is 0.337 e. The second kappa shape index (κ2) is 6.70. The number of hydrogen-bond donors (Lipinski definition) is 1. The van der Waals surface area contributed by atoms with Crippen molar-refractivity contribution in [2.75, 3.05) is 33.2 Å². The predicted octanol–water partition coefficient (Wildman–Crippen LogP) is 0.794. The van der Waals surface area contributed by atoms with Crippen LogP contribution in [-0.4, -0.2) is 77.4 Å². The minimum atomic E-state index is -0.646. The van der Waals surface area contributed by atoms with Crippen LogP contribution in [0.25, 0.3) is 0 Å². The van der Waals surface area contributed by atoms with Crippen LogP contribution >= 0.6 is 0 Å². The van der Waals surface area contributed by atoms with E-state index in [9.17, 15) is 14.4 Å². The Morgan fingerprint density at radius 1 is 1.25 bits per heavy atom. The highest BCUT2D eigenvalue weighted by Crippen LogP contribution is 2.35. The Morgan fingerprint density at radius 2 is 1.96 bits per heavy atom. The number of carbonyl (C=O) groups excluding carboxylic acids is 3. The van der Waals surface area contributed by atoms with Gasteiger partial charge in [-0.05, 0) is 33.2 Å². The molecule has 1 atom stereocenters. The van der Waals surface area contributed by atoms with E-state index < -0.39 is 5.54 Å². The van der Waals surface area contributed by atoms with Gasteiger partial charge in [-0.3, -0.25) is 14.5 Å². The van der Waals surface area contributed by atoms with Crippen molar-refractivity contribution >= 4 is 17.8 Å². The smallest absolute Gasteiger partial charge is 0.325 e. The maximum Gasteiger partial charge on any atom is 0.325 e. The van der Waals surface area contributed by atoms with Gasteiger partial charge in [0.1, 0.15) is 5.54 Å². The lowest BCUT2D eigenvalue weighted by atomic mass is 9.98. The molecule has 0 unspecified atom stereocenters. The highest BCUT2D eigenvalue weighted by Gasteiger charge is 2.52. The van der Waals surface area contributed by atoms with Crippen molar-refractivity contribution in [1.82, 2.24) is 20.0 Å². The van der Waals surface area contributed by atoms with E-state index in [4.69, 9.17) is 0 Å². The molecule has 3 rings (SSSR count). The van der Waals surface area contributed by atoms with Gasteiger partial charge in [0.25, 0.3) is 5.91 Å². The summed E-state index contributed by atoms with van der Waals surface area (Å²) in [5.74, 6) is 0.0312. The SMILES string of the molecule is C[C@H]1CN(C)CCN1C(=O)CCCN1C(=O)NC2(CCCC2)C1=O. The van der Waals surface area contributed by atoms with Gasteiger partial charge in [0.2, 0.25) is 5.91 Å². The third-order valence-electron chi connectivity index (χ3n) is 5.63. The zero-order valence-corrected chi connectivity index (χ0v) is 14.7. The third kappa shape index (κ3) is 3.14. The van der Waals surface area contributed by atoms with E-state index >= 15 is 0 Å². The van der Waals surface area contributed by atoms with Crippen LogP contribution in [0.1, 0.15) is 45.4 Å². The van der Waals surface area contributed by atoms with Crippen LogP contribution in [0.3, 0.4) is 0 Å². The number of rotatable bonds is 4. The van der Waals surface area contributed by atoms with Crippen molar-refractivity contribution < 1.29 is 14.4 Å². The topological polar surface area (TPSA) is 73.0 Å². The first-order valence-corrected chi connectivity index (χ1v) is 9.05. The summed E-state index contributed by atoms with van der Waals surface area (Å²) in [6.45, 7) is 4.94. The molecule has 0 aromatic carbocycles. The molecule has 0 radical (unpaired) electrons. The van der Waals surface area contributed by atoms with Gasteiger partial charge in [0.05, 0.1) is 0 Å². The average molecular weight is 336 g/mol. The second-order valence-electron chi connectivity index (χ2n) is 7.48. The molecular formula is C17H28N4O3. The zero-order chi connectivity index (χ0) is 17.3. The summed E-state index contributed by atoms with van der Waals surface area (Å²) in [5, 5.41) is 2.88. The van der Waals surface area contributed by atoms with E-state index in [1.54, 1.807) is 0 Å². The number of hydrogen-bond acceptors (Lipinski definition) is 4. The number of imide groups is 1. The molecule has 0 aromatic heterocycles. The standard InChI is InChI=1S/C17H28N4O3/c1-13-12-19(2)10-11-20(13)14(22)6-5-9-21-15(23)17(18-16(21)24)7-3-4-8-17/h13H,3-12H2,1-2H3,(H,18,24)/t13-/m0/s1. The molecule has 2 aliphatic heterocycles. The Balaban J connectivity index is 1.49. The Kier molecular flexibility index (Phi) is 4.80. The first-order chi connectivity index (χ1) is 11.4. The normalized spacial score (nSPS) is 27.2. The number of nitrogens with zero attached hydrogens (tertiary/aromatic N) is 3. The summed E-state index contributed by atoms with van der Waals surface area (Å²) in [4.78, 5) is 42.5. The number of likely N-dealkylation sites (N-methyl/N-ethyl adjacent to an activating group) is 1. The molecule has 1 spiro atoms. The van der Waals surface area contributed by atoms with Gasteiger partial charge in [-0.1, -0.05) is 12.8 Å². The molecule has 0 bridgehead atoms. The molecule has 7 nitrogen and oxygen atoms in total. The molecule has 2 saturated heterocycles. The molecule has 1 saturated carbocycles. The van der Waals surface area contributed by atoms with Crippen molar-refractivity contribution in [3.8, 4) is 0 Å². The summed E-state index contributed by atoms with van der Waals surface area (Å²) < 4.78 is 0. The van der Waals surface area contributed by atoms with Crippen molar-refractivity contribution in [3.63, 3.8) is 0 Å². The molecule has 1 aliphatic carbocycles. The molecule has 4 amide bonds. The van der Waals surface area contributed by atoms with E-state index in [1.165, 1.54) is 4.90 Å². The number of piperazine rings is 1. The van der Waals surface area contributed by atoms with Gasteiger partial charge >= 0.3 is 6.03 Å². The van der Waals surface area contributed by atoms with Gasteiger partial charge in [0.15, 0.2) is 0 Å². The summed E-state index contributed by atoms with van der Waals surface area (Å²) in [7, 11) is 2.06. The fourth-order valence-electron chi connectivity index (χ4n) is 4.24. The van der Waals surface area contributed by atoms with Gasteiger partial charge in [-0.25, -0.2) is 4.79 Å². The summed E-state index contributed by atoms with van der Waals surface area (Å²) >= 11 is 0. The Hall–Kier alpha value is -1.63. The molecular weight excluding hydrogens is 308 g/mol. The summed E-state index contributed by atoms with van der Waals surface area (Å²) in [6.07, 6.45) is 4.38. The fourth-order valence-corrected chi connectivity index (χ4v) is 4.24. The van der Waals surface area contributed by atoms with Crippen molar-refractivity contribution in [2.45, 2.75) is 57.0 Å². The van der Waals surface area contributed by atoms with Crippen LogP contribution < -0.4 is 5.32 Å². The van der Waals surface area contributed by atoms with Crippen LogP contribution in [0.4, 0.5) is 4.79 Å². The number of nitrogens with one attached hydrogen (secondary N) is 1. The van der Waals surface area contributed by atoms with Crippen LogP contribution in [0.2, 0.25) is 0 Å². The Morgan fingerprint density at radius 3 is 2.62 bits per heavy atom. The molecule has 2 heterocycles. The van der Waals surface area contributed by atoms with E-state index in [-0.39, 0.29) is 23.9 Å². The van der Waals surface area contributed by atoms with Crippen LogP contribution in [0.5, 0.6) is 0 Å². The molecule has 24 heavy (non-hydrogen) atoms. The van der Waals surface area contributed by atoms with Crippen LogP contribution in [0, 0.1) is 0 Å². The highest BCUT2D eigenvalue weighted by molar-refractivity contribution is 6.07. The molecule has 3 aliphatic rings. The number of amides is 4. The number of carbonyl (C=O) groups is 3. The summed E-state index contributed by atoms with van der Waals surface area (Å²) in [5.41, 5.74) is -0.646. The van der Waals surface area contributed by atoms with Crippen LogP contribution in [-0.2, 0) is 9.59 Å². The first kappa shape index (κ1) is 17.2. The maximum absolute atomic E-state index is 12.5. The third-order valence-corrected chi connectivity index (χ3v) is 5.63. The van der Waals surface area contributed by atoms with Crippen LogP contribution in [0.15, 0.2) is 0 Å². The monoisotopic (exact) mass is 336 g/mol. The average Bonchev–Trinajstić information content (AvgIpc) is 3.08. The molecule has 0 aromatic rings. The molecule has 1 N–H and O–H groups in total. The van der Waals surface area contributed by atoms with E-state index in [2.05, 4.69) is 24.2 Å². The van der Waals surface area contributed by atoms with Gasteiger partial charge < -0.3 is 15.1 Å². The van der Waals surface area contributed by atoms with Crippen molar-refractivity contribution in [1.29, 1.82) is 0 Å². The quantitative estimate of drug-likeness (QED) is 0.771. The minimum absolute atomic E-state index is 0.0922. The van der Waals surface area contributed by atoms with Gasteiger partial charge in [-0.2, -0.15) is 0 Å². The Bertz CT molecular complexity index is 530. The van der Waals surface area contributed by atoms with Crippen molar-refractivity contribution in [2.24, 2.45) is 0 Å². The number of urea groups is 1.